The number of amides is 2. The second kappa shape index (κ2) is 7.49. The first kappa shape index (κ1) is 16.6. The van der Waals surface area contributed by atoms with Gasteiger partial charge in [-0.2, -0.15) is 0 Å². The molecule has 0 saturated heterocycles. The van der Waals surface area contributed by atoms with Crippen molar-refractivity contribution in [1.82, 2.24) is 5.32 Å². The Bertz CT molecular complexity index is 720. The maximum Gasteiger partial charge on any atom is 0.313 e. The molecule has 0 unspecified atom stereocenters. The summed E-state index contributed by atoms with van der Waals surface area (Å²) in [5.41, 5.74) is 1.10. The molecule has 0 fully saturated rings. The number of carbonyl (C=O) groups is 2. The van der Waals surface area contributed by atoms with Gasteiger partial charge in [-0.1, -0.05) is 46.9 Å². The quantitative estimate of drug-likeness (QED) is 0.819. The monoisotopic (exact) mass is 356 g/mol. The van der Waals surface area contributed by atoms with Crippen LogP contribution in [0.1, 0.15) is 5.56 Å². The highest BCUT2D eigenvalue weighted by Gasteiger charge is 2.15. The zero-order valence-corrected chi connectivity index (χ0v) is 13.5. The molecule has 0 aliphatic rings. The smallest absolute Gasteiger partial charge is 0.313 e. The Balaban J connectivity index is 1.93. The molecule has 0 heterocycles. The molecular formula is C15H11Cl3N2O2. The summed E-state index contributed by atoms with van der Waals surface area (Å²) >= 11 is 17.5. The summed E-state index contributed by atoms with van der Waals surface area (Å²) in [6.07, 6.45) is 0. The maximum atomic E-state index is 11.8. The molecule has 2 N–H and O–H groups in total. The lowest BCUT2D eigenvalue weighted by atomic mass is 10.2. The average molecular weight is 358 g/mol. The molecule has 4 nitrogen and oxygen atoms in total. The van der Waals surface area contributed by atoms with Gasteiger partial charge in [-0.15, -0.1) is 0 Å². The lowest BCUT2D eigenvalue weighted by molar-refractivity contribution is -0.136. The van der Waals surface area contributed by atoms with Crippen molar-refractivity contribution < 1.29 is 9.59 Å². The third-order valence-electron chi connectivity index (χ3n) is 2.73. The van der Waals surface area contributed by atoms with Crippen LogP contribution in [-0.2, 0) is 16.1 Å². The van der Waals surface area contributed by atoms with Gasteiger partial charge in [0.1, 0.15) is 0 Å². The van der Waals surface area contributed by atoms with Crippen LogP contribution in [0.15, 0.2) is 42.5 Å². The van der Waals surface area contributed by atoms with Gasteiger partial charge in [0.2, 0.25) is 0 Å². The van der Waals surface area contributed by atoms with Crippen LogP contribution < -0.4 is 10.6 Å². The summed E-state index contributed by atoms with van der Waals surface area (Å²) in [5, 5.41) is 6.17. The average Bonchev–Trinajstić information content (AvgIpc) is 2.47. The predicted molar refractivity (Wildman–Crippen MR) is 88.4 cm³/mol. The third kappa shape index (κ3) is 4.63. The fourth-order valence-electron chi connectivity index (χ4n) is 1.68. The van der Waals surface area contributed by atoms with E-state index in [2.05, 4.69) is 10.6 Å². The number of nitrogens with one attached hydrogen (secondary N) is 2. The van der Waals surface area contributed by atoms with Crippen molar-refractivity contribution in [3.8, 4) is 0 Å². The molecule has 0 atom stereocenters. The fraction of sp³-hybridized carbons (Fsp3) is 0.0667. The van der Waals surface area contributed by atoms with E-state index in [0.29, 0.717) is 15.7 Å². The second-order valence-electron chi connectivity index (χ2n) is 4.39. The zero-order chi connectivity index (χ0) is 16.1. The first-order valence-electron chi connectivity index (χ1n) is 6.24. The summed E-state index contributed by atoms with van der Waals surface area (Å²) in [4.78, 5) is 23.6. The van der Waals surface area contributed by atoms with E-state index >= 15 is 0 Å². The summed E-state index contributed by atoms with van der Waals surface area (Å²) in [7, 11) is 0. The van der Waals surface area contributed by atoms with Crippen molar-refractivity contribution in [1.29, 1.82) is 0 Å². The molecule has 0 bridgehead atoms. The van der Waals surface area contributed by atoms with Crippen LogP contribution in [-0.4, -0.2) is 11.8 Å². The Morgan fingerprint density at radius 3 is 2.32 bits per heavy atom. The minimum Gasteiger partial charge on any atom is -0.344 e. The molecular weight excluding hydrogens is 347 g/mol. The Morgan fingerprint density at radius 1 is 0.909 bits per heavy atom. The van der Waals surface area contributed by atoms with Gasteiger partial charge in [0.05, 0.1) is 10.7 Å². The summed E-state index contributed by atoms with van der Waals surface area (Å²) in [6, 6.07) is 11.5. The summed E-state index contributed by atoms with van der Waals surface area (Å²) in [5.74, 6) is -1.59. The highest BCUT2D eigenvalue weighted by molar-refractivity contribution is 6.42. The van der Waals surface area contributed by atoms with E-state index in [0.717, 1.165) is 5.56 Å². The fourth-order valence-corrected chi connectivity index (χ4v) is 2.35. The molecule has 0 spiro atoms. The number of anilines is 1. The Labute approximate surface area is 142 Å². The molecule has 2 aromatic rings. The molecule has 2 aromatic carbocycles. The van der Waals surface area contributed by atoms with Crippen LogP contribution in [0.2, 0.25) is 15.1 Å². The Kier molecular flexibility index (Phi) is 5.66. The maximum absolute atomic E-state index is 11.8. The van der Waals surface area contributed by atoms with E-state index in [4.69, 9.17) is 34.8 Å². The zero-order valence-electron chi connectivity index (χ0n) is 11.2. The minimum absolute atomic E-state index is 0.196. The number of hydrogen-bond acceptors (Lipinski definition) is 2. The molecule has 0 saturated carbocycles. The summed E-state index contributed by atoms with van der Waals surface area (Å²) < 4.78 is 0. The Hall–Kier alpha value is -1.75. The standard InChI is InChI=1S/C15H11Cl3N2O2/c16-10-3-1-2-9(6-10)8-19-14(21)15(22)20-13-5-4-11(17)7-12(13)18/h1-7H,8H2,(H,19,21)(H,20,22). The number of halogens is 3. The largest absolute Gasteiger partial charge is 0.344 e. The van der Waals surface area contributed by atoms with Gasteiger partial charge < -0.3 is 10.6 Å². The van der Waals surface area contributed by atoms with E-state index in [1.807, 2.05) is 0 Å². The van der Waals surface area contributed by atoms with Crippen molar-refractivity contribution >= 4 is 52.3 Å². The van der Waals surface area contributed by atoms with Crippen LogP contribution in [0.3, 0.4) is 0 Å². The molecule has 0 aliphatic carbocycles. The molecule has 2 rings (SSSR count). The van der Waals surface area contributed by atoms with Crippen LogP contribution in [0.4, 0.5) is 5.69 Å². The molecule has 22 heavy (non-hydrogen) atoms. The van der Waals surface area contributed by atoms with Crippen LogP contribution >= 0.6 is 34.8 Å². The van der Waals surface area contributed by atoms with Gasteiger partial charge >= 0.3 is 11.8 Å². The van der Waals surface area contributed by atoms with E-state index in [9.17, 15) is 9.59 Å². The first-order valence-corrected chi connectivity index (χ1v) is 7.38. The highest BCUT2D eigenvalue weighted by atomic mass is 35.5. The van der Waals surface area contributed by atoms with Gasteiger partial charge in [0, 0.05) is 16.6 Å². The van der Waals surface area contributed by atoms with E-state index < -0.39 is 11.8 Å². The van der Waals surface area contributed by atoms with Gasteiger partial charge in [0.25, 0.3) is 0 Å². The number of rotatable bonds is 3. The lowest BCUT2D eigenvalue weighted by Gasteiger charge is -2.08. The predicted octanol–water partition coefficient (Wildman–Crippen LogP) is 3.90. The van der Waals surface area contributed by atoms with Gasteiger partial charge in [0.15, 0.2) is 0 Å². The van der Waals surface area contributed by atoms with Crippen molar-refractivity contribution in [3.63, 3.8) is 0 Å². The lowest BCUT2D eigenvalue weighted by Crippen LogP contribution is -2.35. The molecule has 114 valence electrons. The van der Waals surface area contributed by atoms with Crippen LogP contribution in [0.25, 0.3) is 0 Å². The number of carbonyl (C=O) groups excluding carboxylic acids is 2. The van der Waals surface area contributed by atoms with E-state index in [1.54, 1.807) is 30.3 Å². The van der Waals surface area contributed by atoms with Crippen LogP contribution in [0.5, 0.6) is 0 Å². The second-order valence-corrected chi connectivity index (χ2v) is 5.67. The molecule has 0 aliphatic heterocycles. The third-order valence-corrected chi connectivity index (χ3v) is 3.51. The SMILES string of the molecule is O=C(NCc1cccc(Cl)c1)C(=O)Nc1ccc(Cl)cc1Cl. The minimum atomic E-state index is -0.814. The van der Waals surface area contributed by atoms with Gasteiger partial charge in [-0.3, -0.25) is 9.59 Å². The summed E-state index contributed by atoms with van der Waals surface area (Å²) in [6.45, 7) is 0.196. The molecule has 0 radical (unpaired) electrons. The highest BCUT2D eigenvalue weighted by Crippen LogP contribution is 2.25. The topological polar surface area (TPSA) is 58.2 Å². The Morgan fingerprint density at radius 2 is 1.64 bits per heavy atom. The van der Waals surface area contributed by atoms with Crippen molar-refractivity contribution in [2.24, 2.45) is 0 Å². The molecule has 7 heteroatoms. The van der Waals surface area contributed by atoms with Crippen molar-refractivity contribution in [2.45, 2.75) is 6.54 Å². The van der Waals surface area contributed by atoms with E-state index in [-0.39, 0.29) is 11.6 Å². The first-order chi connectivity index (χ1) is 10.5. The van der Waals surface area contributed by atoms with Gasteiger partial charge in [-0.05, 0) is 35.9 Å². The molecule has 2 amide bonds. The normalized spacial score (nSPS) is 10.1. The molecule has 0 aromatic heterocycles. The number of hydrogen-bond donors (Lipinski definition) is 2. The van der Waals surface area contributed by atoms with Crippen molar-refractivity contribution in [3.05, 3.63) is 63.1 Å². The van der Waals surface area contributed by atoms with E-state index in [1.165, 1.54) is 12.1 Å². The van der Waals surface area contributed by atoms with Crippen LogP contribution in [0, 0.1) is 0 Å². The van der Waals surface area contributed by atoms with Crippen molar-refractivity contribution in [2.75, 3.05) is 5.32 Å². The van der Waals surface area contributed by atoms with Gasteiger partial charge in [-0.25, -0.2) is 0 Å². The number of benzene rings is 2.